The van der Waals surface area contributed by atoms with Crippen molar-refractivity contribution in [2.75, 3.05) is 6.54 Å². The van der Waals surface area contributed by atoms with Crippen LogP contribution in [0.2, 0.25) is 0 Å². The molecule has 0 radical (unpaired) electrons. The molecule has 140 valence electrons. The number of hydrogen-bond acceptors (Lipinski definition) is 4. The Balaban J connectivity index is 2.50. The molecule has 0 saturated carbocycles. The zero-order chi connectivity index (χ0) is 19.7. The van der Waals surface area contributed by atoms with Gasteiger partial charge in [0.05, 0.1) is 16.8 Å². The fourth-order valence-corrected chi connectivity index (χ4v) is 2.64. The monoisotopic (exact) mass is 361 g/mol. The van der Waals surface area contributed by atoms with Crippen molar-refractivity contribution in [2.45, 2.75) is 52.7 Å². The molecule has 2 rings (SSSR count). The van der Waals surface area contributed by atoms with E-state index in [2.05, 4.69) is 5.32 Å². The quantitative estimate of drug-likeness (QED) is 0.647. The molecule has 1 saturated heterocycles. The lowest BCUT2D eigenvalue weighted by Gasteiger charge is -2.32. The molecular formula is C19H25BFNO4. The SMILES string of the molecule is CC(=O)NCC(=Cc1c(C)ccc(F)c1C=O)B1OC(C)(C)C(C)(C)O1. The van der Waals surface area contributed by atoms with Crippen LogP contribution >= 0.6 is 0 Å². The van der Waals surface area contributed by atoms with E-state index in [9.17, 15) is 14.0 Å². The molecule has 0 spiro atoms. The van der Waals surface area contributed by atoms with Crippen molar-refractivity contribution in [1.82, 2.24) is 5.32 Å². The molecule has 1 aliphatic heterocycles. The Bertz CT molecular complexity index is 742. The van der Waals surface area contributed by atoms with Gasteiger partial charge in [0, 0.05) is 13.5 Å². The topological polar surface area (TPSA) is 64.6 Å². The Morgan fingerprint density at radius 1 is 1.19 bits per heavy atom. The Hall–Kier alpha value is -1.99. The summed E-state index contributed by atoms with van der Waals surface area (Å²) in [5.41, 5.74) is 0.660. The van der Waals surface area contributed by atoms with Gasteiger partial charge in [-0.25, -0.2) is 4.39 Å². The van der Waals surface area contributed by atoms with E-state index >= 15 is 0 Å². The zero-order valence-corrected chi connectivity index (χ0v) is 16.1. The maximum Gasteiger partial charge on any atom is 0.492 e. The number of benzene rings is 1. The van der Waals surface area contributed by atoms with Gasteiger partial charge in [-0.2, -0.15) is 0 Å². The highest BCUT2D eigenvalue weighted by atomic mass is 19.1. The minimum Gasteiger partial charge on any atom is -0.400 e. The average molecular weight is 361 g/mol. The van der Waals surface area contributed by atoms with Gasteiger partial charge < -0.3 is 14.6 Å². The van der Waals surface area contributed by atoms with Crippen LogP contribution in [0.15, 0.2) is 17.6 Å². The molecule has 1 heterocycles. The first-order valence-electron chi connectivity index (χ1n) is 8.53. The van der Waals surface area contributed by atoms with Crippen LogP contribution < -0.4 is 5.32 Å². The molecule has 0 aromatic heterocycles. The van der Waals surface area contributed by atoms with Crippen molar-refractivity contribution in [1.29, 1.82) is 0 Å². The maximum absolute atomic E-state index is 14.0. The first-order valence-corrected chi connectivity index (χ1v) is 8.53. The smallest absolute Gasteiger partial charge is 0.400 e. The van der Waals surface area contributed by atoms with Crippen molar-refractivity contribution in [3.63, 3.8) is 0 Å². The van der Waals surface area contributed by atoms with Gasteiger partial charge in [0.15, 0.2) is 6.29 Å². The molecule has 1 aromatic carbocycles. The van der Waals surface area contributed by atoms with Gasteiger partial charge in [-0.1, -0.05) is 12.1 Å². The summed E-state index contributed by atoms with van der Waals surface area (Å²) in [4.78, 5) is 22.8. The van der Waals surface area contributed by atoms with Gasteiger partial charge >= 0.3 is 7.12 Å². The van der Waals surface area contributed by atoms with Crippen LogP contribution in [-0.2, 0) is 14.1 Å². The van der Waals surface area contributed by atoms with Crippen molar-refractivity contribution in [3.05, 3.63) is 40.1 Å². The highest BCUT2D eigenvalue weighted by Gasteiger charge is 2.52. The van der Waals surface area contributed by atoms with Gasteiger partial charge in [0.1, 0.15) is 5.82 Å². The molecule has 0 bridgehead atoms. The molecule has 26 heavy (non-hydrogen) atoms. The van der Waals surface area contributed by atoms with Crippen LogP contribution in [0.3, 0.4) is 0 Å². The Labute approximate surface area is 154 Å². The van der Waals surface area contributed by atoms with Crippen LogP contribution in [0.1, 0.15) is 56.1 Å². The van der Waals surface area contributed by atoms with E-state index in [0.717, 1.165) is 5.56 Å². The summed E-state index contributed by atoms with van der Waals surface area (Å²) < 4.78 is 26.1. The third-order valence-corrected chi connectivity index (χ3v) is 5.00. The van der Waals surface area contributed by atoms with Crippen molar-refractivity contribution < 1.29 is 23.3 Å². The van der Waals surface area contributed by atoms with Gasteiger partial charge in [-0.05, 0) is 57.3 Å². The minimum absolute atomic E-state index is 0.0261. The number of carbonyl (C=O) groups is 2. The highest BCUT2D eigenvalue weighted by Crippen LogP contribution is 2.39. The summed E-state index contributed by atoms with van der Waals surface area (Å²) >= 11 is 0. The molecule has 1 aromatic rings. The van der Waals surface area contributed by atoms with Crippen LogP contribution in [0, 0.1) is 12.7 Å². The molecule has 1 aliphatic rings. The highest BCUT2D eigenvalue weighted by molar-refractivity contribution is 6.56. The van der Waals surface area contributed by atoms with E-state index in [-0.39, 0.29) is 18.0 Å². The summed E-state index contributed by atoms with van der Waals surface area (Å²) in [6, 6.07) is 2.87. The molecule has 1 fully saturated rings. The Morgan fingerprint density at radius 2 is 1.77 bits per heavy atom. The van der Waals surface area contributed by atoms with Crippen molar-refractivity contribution in [2.24, 2.45) is 0 Å². The zero-order valence-electron chi connectivity index (χ0n) is 16.1. The normalized spacial score (nSPS) is 18.7. The second-order valence-corrected chi connectivity index (χ2v) is 7.53. The van der Waals surface area contributed by atoms with Gasteiger partial charge in [0.2, 0.25) is 5.91 Å². The Morgan fingerprint density at radius 3 is 2.27 bits per heavy atom. The van der Waals surface area contributed by atoms with E-state index in [1.54, 1.807) is 19.1 Å². The fourth-order valence-electron chi connectivity index (χ4n) is 2.64. The third kappa shape index (κ3) is 4.05. The number of hydrogen-bond donors (Lipinski definition) is 1. The van der Waals surface area contributed by atoms with E-state index in [1.165, 1.54) is 13.0 Å². The molecule has 1 amide bonds. The summed E-state index contributed by atoms with van der Waals surface area (Å²) in [5.74, 6) is -0.802. The Kier molecular flexibility index (Phi) is 5.73. The summed E-state index contributed by atoms with van der Waals surface area (Å²) in [6.45, 7) is 11.1. The number of rotatable bonds is 5. The fraction of sp³-hybridized carbons (Fsp3) is 0.474. The van der Waals surface area contributed by atoms with Gasteiger partial charge in [0.25, 0.3) is 0 Å². The first kappa shape index (κ1) is 20.3. The van der Waals surface area contributed by atoms with Crippen LogP contribution in [0.4, 0.5) is 4.39 Å². The minimum atomic E-state index is -0.714. The van der Waals surface area contributed by atoms with E-state index < -0.39 is 24.1 Å². The molecular weight excluding hydrogens is 336 g/mol. The van der Waals surface area contributed by atoms with Crippen molar-refractivity contribution in [3.8, 4) is 0 Å². The number of halogens is 1. The molecule has 1 N–H and O–H groups in total. The average Bonchev–Trinajstić information content (AvgIpc) is 2.74. The molecule has 0 atom stereocenters. The predicted molar refractivity (Wildman–Crippen MR) is 99.3 cm³/mol. The lowest BCUT2D eigenvalue weighted by atomic mass is 9.76. The molecule has 7 heteroatoms. The van der Waals surface area contributed by atoms with Crippen LogP contribution in [-0.4, -0.2) is 37.1 Å². The lowest BCUT2D eigenvalue weighted by molar-refractivity contribution is -0.118. The predicted octanol–water partition coefficient (Wildman–Crippen LogP) is 3.10. The second kappa shape index (κ2) is 7.33. The summed E-state index contributed by atoms with van der Waals surface area (Å²) in [7, 11) is -0.714. The number of nitrogens with one attached hydrogen (secondary N) is 1. The largest absolute Gasteiger partial charge is 0.492 e. The first-order chi connectivity index (χ1) is 12.0. The lowest BCUT2D eigenvalue weighted by Crippen LogP contribution is -2.41. The summed E-state index contributed by atoms with van der Waals surface area (Å²) in [5, 5.41) is 2.72. The number of aldehydes is 1. The van der Waals surface area contributed by atoms with Crippen molar-refractivity contribution >= 4 is 25.4 Å². The van der Waals surface area contributed by atoms with Crippen LogP contribution in [0.25, 0.3) is 6.08 Å². The van der Waals surface area contributed by atoms with Crippen LogP contribution in [0.5, 0.6) is 0 Å². The number of amides is 1. The standard InChI is InChI=1S/C19H25BFNO4/c1-12-7-8-17(21)16(11-23)15(12)9-14(10-22-13(2)24)20-25-18(3,4)19(5,6)26-20/h7-9,11H,10H2,1-6H3,(H,22,24). The molecule has 5 nitrogen and oxygen atoms in total. The second-order valence-electron chi connectivity index (χ2n) is 7.53. The summed E-state index contributed by atoms with van der Waals surface area (Å²) in [6.07, 6.45) is 2.16. The van der Waals surface area contributed by atoms with E-state index in [1.807, 2.05) is 27.7 Å². The third-order valence-electron chi connectivity index (χ3n) is 5.00. The number of carbonyl (C=O) groups excluding carboxylic acids is 2. The van der Waals surface area contributed by atoms with E-state index in [0.29, 0.717) is 17.3 Å². The van der Waals surface area contributed by atoms with Gasteiger partial charge in [-0.3, -0.25) is 9.59 Å². The van der Waals surface area contributed by atoms with Gasteiger partial charge in [-0.15, -0.1) is 0 Å². The van der Waals surface area contributed by atoms with E-state index in [4.69, 9.17) is 9.31 Å². The number of aryl methyl sites for hydroxylation is 1. The molecule has 0 aliphatic carbocycles. The maximum atomic E-state index is 14.0. The molecule has 0 unspecified atom stereocenters.